The number of anilines is 1. The highest BCUT2D eigenvalue weighted by molar-refractivity contribution is 7.89. The van der Waals surface area contributed by atoms with Crippen LogP contribution in [0.4, 0.5) is 5.82 Å². The average Bonchev–Trinajstić information content (AvgIpc) is 2.40. The van der Waals surface area contributed by atoms with Gasteiger partial charge >= 0.3 is 0 Å². The number of sulfonamides is 1. The normalized spacial score (nSPS) is 20.3. The monoisotopic (exact) mass is 283 g/mol. The van der Waals surface area contributed by atoms with E-state index in [1.807, 2.05) is 0 Å². The predicted octanol–water partition coefficient (Wildman–Crippen LogP) is 1.86. The molecule has 5 nitrogen and oxygen atoms in total. The van der Waals surface area contributed by atoms with Gasteiger partial charge in [0.05, 0.1) is 0 Å². The summed E-state index contributed by atoms with van der Waals surface area (Å²) in [6, 6.07) is 3.04. The zero-order chi connectivity index (χ0) is 14.1. The number of hydrogen-bond donors (Lipinski definition) is 1. The van der Waals surface area contributed by atoms with Crippen molar-refractivity contribution in [2.75, 3.05) is 18.8 Å². The molecule has 1 aromatic rings. The van der Waals surface area contributed by atoms with Crippen molar-refractivity contribution in [2.45, 2.75) is 38.0 Å². The Morgan fingerprint density at radius 2 is 2.00 bits per heavy atom. The zero-order valence-electron chi connectivity index (χ0n) is 11.5. The van der Waals surface area contributed by atoms with Crippen molar-refractivity contribution in [1.82, 2.24) is 9.29 Å². The molecule has 0 spiro atoms. The molecule has 19 heavy (non-hydrogen) atoms. The van der Waals surface area contributed by atoms with E-state index in [4.69, 9.17) is 5.73 Å². The average molecular weight is 283 g/mol. The van der Waals surface area contributed by atoms with Crippen molar-refractivity contribution in [3.05, 3.63) is 18.3 Å². The molecule has 0 unspecified atom stereocenters. The number of nitrogen functional groups attached to an aromatic ring is 1. The largest absolute Gasteiger partial charge is 0.384 e. The van der Waals surface area contributed by atoms with E-state index >= 15 is 0 Å². The highest BCUT2D eigenvalue weighted by Gasteiger charge is 2.34. The van der Waals surface area contributed by atoms with Crippen LogP contribution in [0.1, 0.15) is 33.1 Å². The highest BCUT2D eigenvalue weighted by atomic mass is 32.2. The smallest absolute Gasteiger partial charge is 0.244 e. The Hall–Kier alpha value is -1.14. The Morgan fingerprint density at radius 1 is 1.37 bits per heavy atom. The first-order valence-electron chi connectivity index (χ1n) is 6.59. The lowest BCUT2D eigenvalue weighted by molar-refractivity contribution is 0.169. The van der Waals surface area contributed by atoms with Gasteiger partial charge in [0.1, 0.15) is 10.7 Å². The number of nitrogens with zero attached hydrogens (tertiary/aromatic N) is 2. The maximum Gasteiger partial charge on any atom is 0.244 e. The molecule has 1 saturated heterocycles. The summed E-state index contributed by atoms with van der Waals surface area (Å²) in [6.45, 7) is 5.55. The summed E-state index contributed by atoms with van der Waals surface area (Å²) in [5.74, 6) is 0.330. The van der Waals surface area contributed by atoms with Gasteiger partial charge in [0.25, 0.3) is 0 Å². The molecule has 2 heterocycles. The summed E-state index contributed by atoms with van der Waals surface area (Å²) in [5, 5.41) is 0. The van der Waals surface area contributed by atoms with Crippen LogP contribution in [0.2, 0.25) is 0 Å². The van der Waals surface area contributed by atoms with Gasteiger partial charge in [-0.2, -0.15) is 4.31 Å². The molecular weight excluding hydrogens is 262 g/mol. The summed E-state index contributed by atoms with van der Waals surface area (Å²) in [5.41, 5.74) is 5.75. The summed E-state index contributed by atoms with van der Waals surface area (Å²) in [7, 11) is -3.42. The lowest BCUT2D eigenvalue weighted by Crippen LogP contribution is -2.41. The second-order valence-electron chi connectivity index (χ2n) is 5.49. The first-order valence-corrected chi connectivity index (χ1v) is 8.03. The fourth-order valence-corrected chi connectivity index (χ4v) is 3.70. The van der Waals surface area contributed by atoms with Crippen molar-refractivity contribution in [3.63, 3.8) is 0 Å². The second kappa shape index (κ2) is 5.09. The van der Waals surface area contributed by atoms with E-state index in [1.54, 1.807) is 4.31 Å². The fraction of sp³-hybridized carbons (Fsp3) is 0.615. The molecule has 0 amide bonds. The Labute approximate surface area is 114 Å². The first-order chi connectivity index (χ1) is 8.87. The van der Waals surface area contributed by atoms with Gasteiger partial charge in [-0.05, 0) is 30.4 Å². The van der Waals surface area contributed by atoms with E-state index in [1.165, 1.54) is 18.3 Å². The van der Waals surface area contributed by atoms with E-state index in [2.05, 4.69) is 18.8 Å². The van der Waals surface area contributed by atoms with Crippen molar-refractivity contribution < 1.29 is 8.42 Å². The van der Waals surface area contributed by atoms with E-state index < -0.39 is 10.0 Å². The molecule has 0 radical (unpaired) electrons. The maximum atomic E-state index is 12.4. The van der Waals surface area contributed by atoms with Crippen molar-refractivity contribution in [3.8, 4) is 0 Å². The molecule has 0 saturated carbocycles. The van der Waals surface area contributed by atoms with Crippen LogP contribution in [-0.4, -0.2) is 30.8 Å². The van der Waals surface area contributed by atoms with Gasteiger partial charge in [-0.1, -0.05) is 20.3 Å². The molecule has 0 atom stereocenters. The summed E-state index contributed by atoms with van der Waals surface area (Å²) < 4.78 is 26.4. The van der Waals surface area contributed by atoms with Gasteiger partial charge in [-0.15, -0.1) is 0 Å². The Kier molecular flexibility index (Phi) is 3.82. The van der Waals surface area contributed by atoms with Crippen LogP contribution in [0, 0.1) is 5.41 Å². The molecule has 1 aliphatic rings. The van der Waals surface area contributed by atoms with Gasteiger partial charge in [0.2, 0.25) is 10.0 Å². The third-order valence-corrected chi connectivity index (χ3v) is 6.06. The SMILES string of the molecule is CCC1(C)CCN(S(=O)(=O)c2ccc(N)nc2)CC1. The third kappa shape index (κ3) is 2.90. The van der Waals surface area contributed by atoms with Crippen LogP contribution in [0.15, 0.2) is 23.2 Å². The summed E-state index contributed by atoms with van der Waals surface area (Å²) >= 11 is 0. The van der Waals surface area contributed by atoms with E-state index in [0.717, 1.165) is 19.3 Å². The molecular formula is C13H21N3O2S. The number of pyridine rings is 1. The zero-order valence-corrected chi connectivity index (χ0v) is 12.3. The van der Waals surface area contributed by atoms with Gasteiger partial charge in [-0.3, -0.25) is 0 Å². The number of rotatable bonds is 3. The van der Waals surface area contributed by atoms with E-state index in [0.29, 0.717) is 18.9 Å². The van der Waals surface area contributed by atoms with Gasteiger partial charge in [0.15, 0.2) is 0 Å². The van der Waals surface area contributed by atoms with Crippen molar-refractivity contribution >= 4 is 15.8 Å². The lowest BCUT2D eigenvalue weighted by atomic mass is 9.79. The van der Waals surface area contributed by atoms with Crippen LogP contribution in [-0.2, 0) is 10.0 Å². The molecule has 1 fully saturated rings. The standard InChI is InChI=1S/C13H21N3O2S/c1-3-13(2)6-8-16(9-7-13)19(17,18)11-4-5-12(14)15-10-11/h4-5,10H,3,6-9H2,1-2H3,(H2,14,15). The van der Waals surface area contributed by atoms with E-state index in [-0.39, 0.29) is 10.3 Å². The Balaban J connectivity index is 2.16. The van der Waals surface area contributed by atoms with Crippen LogP contribution in [0.5, 0.6) is 0 Å². The molecule has 2 N–H and O–H groups in total. The maximum absolute atomic E-state index is 12.4. The number of aromatic nitrogens is 1. The highest BCUT2D eigenvalue weighted by Crippen LogP contribution is 2.35. The number of nitrogens with two attached hydrogens (primary N) is 1. The first kappa shape index (κ1) is 14.3. The Morgan fingerprint density at radius 3 is 2.47 bits per heavy atom. The summed E-state index contributed by atoms with van der Waals surface area (Å²) in [4.78, 5) is 4.08. The van der Waals surface area contributed by atoms with Crippen molar-refractivity contribution in [2.24, 2.45) is 5.41 Å². The molecule has 1 aromatic heterocycles. The topological polar surface area (TPSA) is 76.3 Å². The third-order valence-electron chi connectivity index (χ3n) is 4.18. The second-order valence-corrected chi connectivity index (χ2v) is 7.43. The lowest BCUT2D eigenvalue weighted by Gasteiger charge is -2.38. The molecule has 0 bridgehead atoms. The van der Waals surface area contributed by atoms with Gasteiger partial charge < -0.3 is 5.73 Å². The molecule has 1 aliphatic heterocycles. The molecule has 2 rings (SSSR count). The molecule has 0 aliphatic carbocycles. The quantitative estimate of drug-likeness (QED) is 0.918. The molecule has 6 heteroatoms. The van der Waals surface area contributed by atoms with Gasteiger partial charge in [-0.25, -0.2) is 13.4 Å². The van der Waals surface area contributed by atoms with Crippen LogP contribution < -0.4 is 5.73 Å². The summed E-state index contributed by atoms with van der Waals surface area (Å²) in [6.07, 6.45) is 4.23. The van der Waals surface area contributed by atoms with Crippen LogP contribution in [0.3, 0.4) is 0 Å². The minimum Gasteiger partial charge on any atom is -0.384 e. The predicted molar refractivity (Wildman–Crippen MR) is 75.0 cm³/mol. The number of hydrogen-bond acceptors (Lipinski definition) is 4. The van der Waals surface area contributed by atoms with Gasteiger partial charge in [0, 0.05) is 19.3 Å². The van der Waals surface area contributed by atoms with Crippen LogP contribution in [0.25, 0.3) is 0 Å². The number of piperidine rings is 1. The van der Waals surface area contributed by atoms with Crippen LogP contribution >= 0.6 is 0 Å². The van der Waals surface area contributed by atoms with Crippen molar-refractivity contribution in [1.29, 1.82) is 0 Å². The molecule has 106 valence electrons. The minimum atomic E-state index is -3.42. The fourth-order valence-electron chi connectivity index (χ4n) is 2.31. The molecule has 0 aromatic carbocycles. The minimum absolute atomic E-state index is 0.224. The van der Waals surface area contributed by atoms with E-state index in [9.17, 15) is 8.42 Å². The Bertz CT molecular complexity index is 532.